The number of phenols is 1. The molecule has 35 heavy (non-hydrogen) atoms. The molecule has 0 aliphatic heterocycles. The van der Waals surface area contributed by atoms with Crippen molar-refractivity contribution in [1.82, 2.24) is 20.3 Å². The summed E-state index contributed by atoms with van der Waals surface area (Å²) in [7, 11) is 0. The minimum absolute atomic E-state index is 0.0623. The first-order chi connectivity index (χ1) is 17.1. The van der Waals surface area contributed by atoms with Gasteiger partial charge in [-0.05, 0) is 36.6 Å². The molecule has 0 atom stereocenters. The molecule has 0 spiro atoms. The van der Waals surface area contributed by atoms with E-state index in [-0.39, 0.29) is 23.5 Å². The highest BCUT2D eigenvalue weighted by Gasteiger charge is 2.26. The maximum Gasteiger partial charge on any atom is 0.342 e. The highest BCUT2D eigenvalue weighted by Crippen LogP contribution is 2.38. The fourth-order valence-electron chi connectivity index (χ4n) is 4.40. The largest absolute Gasteiger partial charge is 0.507 e. The van der Waals surface area contributed by atoms with E-state index in [0.29, 0.717) is 23.5 Å². The number of nitrogens with zero attached hydrogens (tertiary/aromatic N) is 3. The van der Waals surface area contributed by atoms with Gasteiger partial charge in [0.15, 0.2) is 0 Å². The van der Waals surface area contributed by atoms with Crippen molar-refractivity contribution < 1.29 is 19.2 Å². The fourth-order valence-corrected chi connectivity index (χ4v) is 4.40. The Kier molecular flexibility index (Phi) is 6.30. The second-order valence-electron chi connectivity index (χ2n) is 8.55. The number of amides is 2. The molecule has 9 heteroatoms. The van der Waals surface area contributed by atoms with Gasteiger partial charge in [-0.2, -0.15) is 9.78 Å². The van der Waals surface area contributed by atoms with E-state index >= 15 is 0 Å². The third-order valence-electron chi connectivity index (χ3n) is 6.18. The minimum atomic E-state index is -0.475. The van der Waals surface area contributed by atoms with Gasteiger partial charge in [0, 0.05) is 35.8 Å². The molecule has 0 saturated heterocycles. The molecule has 2 aromatic carbocycles. The number of carbonyl (C=O) groups is 2. The number of benzene rings is 2. The fraction of sp³-hybridized carbons (Fsp3) is 0.231. The van der Waals surface area contributed by atoms with Gasteiger partial charge in [-0.25, -0.2) is 4.79 Å². The molecule has 0 bridgehead atoms. The Bertz CT molecular complexity index is 1330. The van der Waals surface area contributed by atoms with Gasteiger partial charge in [0.05, 0.1) is 17.6 Å². The Morgan fingerprint density at radius 1 is 1.06 bits per heavy atom. The number of hydrogen-bond donors (Lipinski definition) is 3. The summed E-state index contributed by atoms with van der Waals surface area (Å²) < 4.78 is 6.27. The van der Waals surface area contributed by atoms with E-state index in [9.17, 15) is 14.7 Å². The van der Waals surface area contributed by atoms with Crippen LogP contribution in [0.3, 0.4) is 0 Å². The molecule has 3 N–H and O–H groups in total. The zero-order valence-electron chi connectivity index (χ0n) is 19.0. The second-order valence-corrected chi connectivity index (χ2v) is 8.55. The molecule has 0 unspecified atom stereocenters. The lowest BCUT2D eigenvalue weighted by atomic mass is 10.0. The minimum Gasteiger partial charge on any atom is -0.507 e. The van der Waals surface area contributed by atoms with Gasteiger partial charge in [0.25, 0.3) is 5.91 Å². The van der Waals surface area contributed by atoms with Crippen LogP contribution in [0.15, 0.2) is 71.4 Å². The normalized spacial score (nSPS) is 13.6. The van der Waals surface area contributed by atoms with Gasteiger partial charge >= 0.3 is 6.03 Å². The zero-order valence-corrected chi connectivity index (χ0v) is 19.0. The summed E-state index contributed by atoms with van der Waals surface area (Å²) in [5.41, 5.74) is 3.19. The Morgan fingerprint density at radius 3 is 2.57 bits per heavy atom. The van der Waals surface area contributed by atoms with E-state index in [1.165, 1.54) is 23.0 Å². The molecule has 1 saturated carbocycles. The van der Waals surface area contributed by atoms with Crippen LogP contribution in [0.2, 0.25) is 0 Å². The van der Waals surface area contributed by atoms with Crippen LogP contribution in [-0.2, 0) is 6.54 Å². The van der Waals surface area contributed by atoms with E-state index in [1.807, 2.05) is 36.4 Å². The molecular weight excluding hydrogens is 446 g/mol. The Morgan fingerprint density at radius 2 is 1.86 bits per heavy atom. The van der Waals surface area contributed by atoms with Crippen LogP contribution in [0.5, 0.6) is 5.75 Å². The maximum atomic E-state index is 13.1. The summed E-state index contributed by atoms with van der Waals surface area (Å²) >= 11 is 0. The van der Waals surface area contributed by atoms with Crippen LogP contribution in [0, 0.1) is 0 Å². The maximum absolute atomic E-state index is 13.1. The van der Waals surface area contributed by atoms with Gasteiger partial charge in [-0.15, -0.1) is 0 Å². The highest BCUT2D eigenvalue weighted by atomic mass is 16.5. The van der Waals surface area contributed by atoms with Crippen molar-refractivity contribution in [3.63, 3.8) is 0 Å². The number of nitrogens with one attached hydrogen (secondary N) is 2. The number of hydrogen-bond acceptors (Lipinski definition) is 6. The van der Waals surface area contributed by atoms with Crippen LogP contribution in [0.4, 0.5) is 10.5 Å². The highest BCUT2D eigenvalue weighted by molar-refractivity contribution is 6.02. The predicted octanol–water partition coefficient (Wildman–Crippen LogP) is 4.91. The van der Waals surface area contributed by atoms with Crippen molar-refractivity contribution in [3.05, 3.63) is 83.9 Å². The molecule has 178 valence electrons. The van der Waals surface area contributed by atoms with Crippen molar-refractivity contribution in [2.24, 2.45) is 0 Å². The van der Waals surface area contributed by atoms with Crippen LogP contribution >= 0.6 is 0 Å². The lowest BCUT2D eigenvalue weighted by molar-refractivity contribution is 0.0988. The lowest BCUT2D eigenvalue weighted by Crippen LogP contribution is -2.30. The van der Waals surface area contributed by atoms with Crippen molar-refractivity contribution in [2.75, 3.05) is 5.32 Å². The molecule has 2 amide bonds. The van der Waals surface area contributed by atoms with Crippen LogP contribution in [0.1, 0.15) is 53.4 Å². The summed E-state index contributed by atoms with van der Waals surface area (Å²) in [6, 6.07) is 17.5. The number of rotatable bonds is 6. The first-order valence-electron chi connectivity index (χ1n) is 11.6. The molecule has 1 aliphatic carbocycles. The van der Waals surface area contributed by atoms with E-state index in [4.69, 9.17) is 4.52 Å². The van der Waals surface area contributed by atoms with Gasteiger partial charge in [0.2, 0.25) is 5.76 Å². The van der Waals surface area contributed by atoms with Crippen molar-refractivity contribution in [1.29, 1.82) is 0 Å². The number of carbonyl (C=O) groups excluding carboxylic acids is 2. The third-order valence-corrected chi connectivity index (χ3v) is 6.18. The second kappa shape index (κ2) is 9.84. The van der Waals surface area contributed by atoms with E-state index in [0.717, 1.165) is 36.9 Å². The number of anilines is 1. The summed E-state index contributed by atoms with van der Waals surface area (Å²) in [6.07, 6.45) is 5.60. The van der Waals surface area contributed by atoms with Crippen molar-refractivity contribution in [3.8, 4) is 17.0 Å². The van der Waals surface area contributed by atoms with Crippen molar-refractivity contribution in [2.45, 2.75) is 38.1 Å². The summed E-state index contributed by atoms with van der Waals surface area (Å²) in [5, 5.41) is 24.4. The molecule has 0 radical (unpaired) electrons. The van der Waals surface area contributed by atoms with Crippen LogP contribution in [0.25, 0.3) is 11.3 Å². The smallest absolute Gasteiger partial charge is 0.342 e. The van der Waals surface area contributed by atoms with Crippen LogP contribution < -0.4 is 10.6 Å². The topological polar surface area (TPSA) is 122 Å². The average molecular weight is 472 g/mol. The van der Waals surface area contributed by atoms with Crippen LogP contribution in [-0.4, -0.2) is 32.0 Å². The van der Waals surface area contributed by atoms with Gasteiger partial charge in [-0.1, -0.05) is 48.3 Å². The first-order valence-corrected chi connectivity index (χ1v) is 11.6. The van der Waals surface area contributed by atoms with Gasteiger partial charge in [-0.3, -0.25) is 4.79 Å². The lowest BCUT2D eigenvalue weighted by Gasteiger charge is -2.12. The quantitative estimate of drug-likeness (QED) is 0.367. The van der Waals surface area contributed by atoms with Crippen molar-refractivity contribution >= 4 is 17.6 Å². The average Bonchev–Trinajstić information content (AvgIpc) is 3.65. The van der Waals surface area contributed by atoms with E-state index < -0.39 is 5.91 Å². The summed E-state index contributed by atoms with van der Waals surface area (Å²) in [6.45, 7) is 0.393. The molecule has 5 rings (SSSR count). The summed E-state index contributed by atoms with van der Waals surface area (Å²) in [5.74, 6) is -0.235. The van der Waals surface area contributed by atoms with Gasteiger partial charge in [0.1, 0.15) is 5.75 Å². The molecule has 2 aromatic heterocycles. The molecule has 2 heterocycles. The first kappa shape index (κ1) is 22.4. The number of aromatic nitrogens is 3. The summed E-state index contributed by atoms with van der Waals surface area (Å²) in [4.78, 5) is 25.3. The third kappa shape index (κ3) is 4.93. The standard InChI is InChI=1S/C26H25N5O4/c32-23-14-19(29-25(33)24-12-13-28-35-24)10-11-20(23)21-15-22(18-8-4-5-9-18)31(30-21)26(34)27-16-17-6-2-1-3-7-17/h1-3,6-7,10-15,18,32H,4-5,8-9,16H2,(H,27,34)(H,29,33). The molecular formula is C26H25N5O4. The Labute approximate surface area is 201 Å². The number of aromatic hydroxyl groups is 1. The molecule has 9 nitrogen and oxygen atoms in total. The SMILES string of the molecule is O=C(Nc1ccc(-c2cc(C3CCCC3)n(C(=O)NCc3ccccc3)n2)c(O)c1)c1ccno1. The number of phenolic OH excluding ortho intramolecular Hbond substituents is 1. The molecule has 1 aliphatic rings. The molecule has 4 aromatic rings. The zero-order chi connectivity index (χ0) is 24.2. The monoisotopic (exact) mass is 471 g/mol. The Hall–Kier alpha value is -4.40. The predicted molar refractivity (Wildman–Crippen MR) is 129 cm³/mol. The van der Waals surface area contributed by atoms with E-state index in [1.54, 1.807) is 12.1 Å². The van der Waals surface area contributed by atoms with Gasteiger partial charge < -0.3 is 20.3 Å². The van der Waals surface area contributed by atoms with E-state index in [2.05, 4.69) is 20.9 Å². The molecule has 1 fully saturated rings. The Balaban J connectivity index is 1.39.